The third-order valence-electron chi connectivity index (χ3n) is 87.8. The summed E-state index contributed by atoms with van der Waals surface area (Å²) in [6, 6.07) is 0. The van der Waals surface area contributed by atoms with Crippen molar-refractivity contribution >= 4 is 0 Å². The quantitative estimate of drug-likeness (QED) is 0.231. The van der Waals surface area contributed by atoms with Gasteiger partial charge in [0, 0.05) is 0 Å². The summed E-state index contributed by atoms with van der Waals surface area (Å²) in [5.74, 6) is 71.3. The Morgan fingerprint density at radius 2 is 0.160 bits per heavy atom. The average Bonchev–Trinajstić information content (AvgIpc) is 0.433. The zero-order valence-corrected chi connectivity index (χ0v) is 54.7. The molecule has 0 bridgehead atoms. The molecule has 92 unspecified atom stereocenters. The lowest BCUT2D eigenvalue weighted by molar-refractivity contribution is -1.14. The fraction of sp³-hybridized carbons (Fsp3) is 1.00. The van der Waals surface area contributed by atoms with Crippen LogP contribution in [0.2, 0.25) is 0 Å². The van der Waals surface area contributed by atoms with Crippen molar-refractivity contribution in [3.05, 3.63) is 21.7 Å². The molecule has 0 nitrogen and oxygen atoms in total. The van der Waals surface area contributed by atoms with Crippen molar-refractivity contribution in [1.82, 2.24) is 0 Å². The van der Waals surface area contributed by atoms with Crippen LogP contribution in [0.25, 0.3) is 0 Å². The fourth-order valence-electron chi connectivity index (χ4n) is 112. The minimum absolute atomic E-state index is 1.10. The standard InChI is InChI=1S/C100H58/c1-5-6-2-10-14-18-22-26-30-34-38-42-46-51-54-52-48-44-40-36-32-28-24-20-16-12-4-8-7-3-11-15-19-23-27-31-35-39-43-47-50-53-49-45-41-37-33-29-25-21-17-13-9(1)55(5)56(6,10)60(14)59(13,55)63(17)64(18,60)68(22)67(21,63)71(25)72(26,68)76(30)75(29,71)79(33)80(34,76)84(38)83(37,79)87(41)88(42,84)92(46)91(45,87)95(49)96(51,92)100(54)98(52)94(48)90(44)86(40)82(36)78(32)74(28)70(24)66(20)62(16)58(8,12)57(7,11)61(15,62)65(19,66)69(23,70)73(27,74)77(31,78)81(35,82)85(39,86)89(43,90)93(47,94)97(50,98)99(53,95)100/h5-54H,1-4H2. The zero-order chi connectivity index (χ0) is 54.7. The molecule has 72 saturated carbocycles. The molecule has 92 atom stereocenters. The van der Waals surface area contributed by atoms with Crippen molar-refractivity contribution in [1.29, 1.82) is 0 Å². The molecular weight excluding hydrogens is 1200 g/mol. The van der Waals surface area contributed by atoms with Gasteiger partial charge in [-0.15, -0.1) is 0 Å². The van der Waals surface area contributed by atoms with E-state index in [1.165, 1.54) is 296 Å². The molecule has 0 amide bonds. The predicted octanol–water partition coefficient (Wildman–Crippen LogP) is 8.04. The van der Waals surface area contributed by atoms with E-state index in [-0.39, 0.29) is 0 Å². The van der Waals surface area contributed by atoms with Crippen LogP contribution in [-0.4, -0.2) is 0 Å². The molecule has 458 valence electrons. The minimum atomic E-state index is 1.10. The lowest BCUT2D eigenvalue weighted by atomic mass is 8.41. The molecule has 0 heterocycles. The van der Waals surface area contributed by atoms with Crippen LogP contribution < -0.4 is 0 Å². The maximum atomic E-state index is 1.84. The highest BCUT2D eigenvalue weighted by Gasteiger charge is 3.67. The van der Waals surface area contributed by atoms with E-state index in [9.17, 15) is 0 Å². The van der Waals surface area contributed by atoms with Crippen LogP contribution >= 0.6 is 0 Å². The molecule has 0 aromatic heterocycles. The smallest absolute Gasteiger partial charge is 0.00502 e. The van der Waals surface area contributed by atoms with Crippen LogP contribution in [0, 0.1) is 545 Å². The largest absolute Gasteiger partial charge is 0.0458 e. The third-order valence-corrected chi connectivity index (χ3v) is 87.8. The minimum Gasteiger partial charge on any atom is -0.0458 e. The average molecular weight is 1260 g/mol. The van der Waals surface area contributed by atoms with Crippen molar-refractivity contribution in [3.63, 3.8) is 0 Å². The van der Waals surface area contributed by atoms with Gasteiger partial charge in [0.2, 0.25) is 0 Å². The van der Waals surface area contributed by atoms with Crippen LogP contribution in [-0.2, 0) is 0 Å². The number of hydrogen-bond acceptors (Lipinski definition) is 0. The molecule has 0 aromatic rings. The molecule has 72 rings (SSSR count). The van der Waals surface area contributed by atoms with Gasteiger partial charge >= 0.3 is 0 Å². The first kappa shape index (κ1) is 33.5. The first-order valence-electron chi connectivity index (χ1n) is 49.8. The van der Waals surface area contributed by atoms with Gasteiger partial charge in [0.05, 0.1) is 0 Å². The van der Waals surface area contributed by atoms with Gasteiger partial charge in [0.15, 0.2) is 0 Å². The van der Waals surface area contributed by atoms with Crippen LogP contribution in [0.3, 0.4) is 0 Å². The molecule has 46 spiro atoms. The van der Waals surface area contributed by atoms with E-state index in [2.05, 4.69) is 0 Å². The second kappa shape index (κ2) is 5.14. The summed E-state index contributed by atoms with van der Waals surface area (Å²) in [5.41, 5.74) is 51.5. The monoisotopic (exact) mass is 1260 g/mol. The lowest BCUT2D eigenvalue weighted by Gasteiger charge is -3.61. The molecule has 0 aromatic carbocycles. The molecular formula is C100H58. The van der Waals surface area contributed by atoms with E-state index in [1.54, 1.807) is 0 Å². The molecule has 0 aliphatic heterocycles. The van der Waals surface area contributed by atoms with Gasteiger partial charge in [-0.3, -0.25) is 0 Å². The maximum Gasteiger partial charge on any atom is -0.00502 e. The molecule has 72 aliphatic carbocycles. The van der Waals surface area contributed by atoms with E-state index in [0.29, 0.717) is 0 Å². The fourth-order valence-corrected chi connectivity index (χ4v) is 112. The molecule has 100 heavy (non-hydrogen) atoms. The van der Waals surface area contributed by atoms with Gasteiger partial charge in [-0.2, -0.15) is 0 Å². The summed E-state index contributed by atoms with van der Waals surface area (Å²) >= 11 is 0. The van der Waals surface area contributed by atoms with Crippen LogP contribution in [0.1, 0.15) is 25.7 Å². The number of rotatable bonds is 0. The first-order chi connectivity index (χ1) is 49.8. The van der Waals surface area contributed by atoms with Crippen molar-refractivity contribution in [2.75, 3.05) is 0 Å². The Hall–Kier alpha value is 0. The number of hydrogen-bond donors (Lipinski definition) is 0. The van der Waals surface area contributed by atoms with E-state index in [4.69, 9.17) is 0 Å². The number of fused-ring (bicyclic) bond motifs is 46. The van der Waals surface area contributed by atoms with E-state index < -0.39 is 0 Å². The van der Waals surface area contributed by atoms with Gasteiger partial charge in [-0.05, 0) is 571 Å². The summed E-state index contributed by atoms with van der Waals surface area (Å²) in [7, 11) is 0. The Bertz CT molecular complexity index is 6670. The molecule has 0 N–H and O–H groups in total. The van der Waals surface area contributed by atoms with Gasteiger partial charge in [0.25, 0.3) is 0 Å². The van der Waals surface area contributed by atoms with Gasteiger partial charge in [-0.25, -0.2) is 0 Å². The highest BCUT2D eigenvalue weighted by molar-refractivity contribution is 6.29. The summed E-state index contributed by atoms with van der Waals surface area (Å²) < 4.78 is 0. The molecule has 72 fully saturated rings. The summed E-state index contributed by atoms with van der Waals surface area (Å²) in [5, 5.41) is 0. The summed E-state index contributed by atoms with van der Waals surface area (Å²) in [6.45, 7) is 0. The van der Waals surface area contributed by atoms with Crippen LogP contribution in [0.15, 0.2) is 0 Å². The van der Waals surface area contributed by atoms with Gasteiger partial charge in [-0.1, -0.05) is 0 Å². The van der Waals surface area contributed by atoms with Gasteiger partial charge in [0.1, 0.15) is 0 Å². The Morgan fingerprint density at radius 3 is 0.260 bits per heavy atom. The Balaban J connectivity index is 0.438. The van der Waals surface area contributed by atoms with Crippen LogP contribution in [0.5, 0.6) is 0 Å². The topological polar surface area (TPSA) is 0 Å². The first-order valence-corrected chi connectivity index (χ1v) is 49.8. The maximum absolute atomic E-state index is 1.84. The van der Waals surface area contributed by atoms with Gasteiger partial charge < -0.3 is 0 Å². The predicted molar refractivity (Wildman–Crippen MR) is 308 cm³/mol. The van der Waals surface area contributed by atoms with Crippen molar-refractivity contribution in [2.24, 2.45) is 523 Å². The highest BCUT2D eigenvalue weighted by Crippen LogP contribution is 3.69. The zero-order valence-electron chi connectivity index (χ0n) is 54.7. The van der Waals surface area contributed by atoms with Crippen molar-refractivity contribution < 1.29 is 0 Å². The third kappa shape index (κ3) is 0.758. The Kier molecular flexibility index (Phi) is 1.72. The normalized spacial score (nSPS) is 143. The molecule has 72 aliphatic rings. The van der Waals surface area contributed by atoms with E-state index in [1.807, 2.05) is 25.7 Å². The Morgan fingerprint density at radius 1 is 0.0800 bits per heavy atom. The van der Waals surface area contributed by atoms with Crippen molar-refractivity contribution in [3.8, 4) is 0 Å². The Labute approximate surface area is 566 Å². The van der Waals surface area contributed by atoms with E-state index in [0.717, 1.165) is 249 Å². The summed E-state index contributed by atoms with van der Waals surface area (Å²) in [4.78, 5) is 0. The molecule has 0 saturated heterocycles. The second-order valence-electron chi connectivity index (χ2n) is 65.3. The van der Waals surface area contributed by atoms with Crippen LogP contribution in [0.4, 0.5) is 0 Å². The molecule has 0 radical (unpaired) electrons. The van der Waals surface area contributed by atoms with E-state index >= 15 is 0 Å². The molecule has 0 heteroatoms. The summed E-state index contributed by atoms with van der Waals surface area (Å²) in [6.07, 6.45) is 7.37. The van der Waals surface area contributed by atoms with Crippen molar-refractivity contribution in [2.45, 2.75) is 25.7 Å². The SMILES string of the molecule is C1C2C3CC4C5C6C7C8C9C%10C%11C%12C%13C%14C%15C%16C%17C%18C%19C%20C%21C%22C%23C%24C%25C%26CC%27C%28CC%29C%30C%31C%32C%33C%34C%35C%36C%37C%38C%39C%40C%41C%42C%43C%44C%45C%46C%47C%48C%49C%50C1C21C34C52C%501C%491C62C72C%481C%471C82C92C%461C%451C%102C%112C%441C%431C%122C%132C%421C%411C%142C%152C%163C%174C%185C%196C%207C%218C%229C%23%10C%24%11C%25%12C%27%26C%28%29C%30%12C%31%11C%32%10C%339C%348C%357C%366C%375C%384C%393C%4012. The highest BCUT2D eigenvalue weighted by atomic mass is 15.7. The lowest BCUT2D eigenvalue weighted by Crippen LogP contribution is -3.59. The second-order valence-corrected chi connectivity index (χ2v) is 65.3.